The Kier molecular flexibility index (Phi) is 7.51. The van der Waals surface area contributed by atoms with Crippen molar-refractivity contribution in [2.75, 3.05) is 6.61 Å². The summed E-state index contributed by atoms with van der Waals surface area (Å²) in [5.74, 6) is -5.80. The van der Waals surface area contributed by atoms with Crippen LogP contribution in [0.25, 0.3) is 22.3 Å². The number of carbonyl (C=O) groups is 2. The minimum Gasteiger partial charge on any atom is -0.507 e. The number of aliphatic carboxylic acids is 1. The van der Waals surface area contributed by atoms with Crippen LogP contribution in [0.4, 0.5) is 0 Å². The number of esters is 1. The number of rotatable bonds is 7. The molecule has 208 valence electrons. The number of hydrogen-bond acceptors (Lipinski definition) is 14. The van der Waals surface area contributed by atoms with Crippen molar-refractivity contribution in [3.05, 3.63) is 40.6 Å². The fraction of sp³-hybridized carbons (Fsp3) is 0.292. The van der Waals surface area contributed by atoms with Crippen LogP contribution in [0.5, 0.6) is 28.7 Å². The van der Waals surface area contributed by atoms with E-state index in [1.165, 1.54) is 0 Å². The highest BCUT2D eigenvalue weighted by Gasteiger charge is 2.45. The maximum absolute atomic E-state index is 12.7. The van der Waals surface area contributed by atoms with Crippen LogP contribution in [0.15, 0.2) is 39.5 Å². The molecule has 3 aromatic rings. The average molecular weight is 550 g/mol. The molecule has 15 nitrogen and oxygen atoms in total. The van der Waals surface area contributed by atoms with Gasteiger partial charge in [-0.15, -0.1) is 0 Å². The number of carbonyl (C=O) groups excluding carboxylic acids is 1. The minimum absolute atomic E-state index is 0.00366. The van der Waals surface area contributed by atoms with Gasteiger partial charge in [-0.2, -0.15) is 0 Å². The fourth-order valence-corrected chi connectivity index (χ4v) is 3.84. The Morgan fingerprint density at radius 2 is 1.54 bits per heavy atom. The lowest BCUT2D eigenvalue weighted by Crippen LogP contribution is -2.60. The van der Waals surface area contributed by atoms with Crippen LogP contribution >= 0.6 is 0 Å². The van der Waals surface area contributed by atoms with Gasteiger partial charge in [0, 0.05) is 23.8 Å². The Morgan fingerprint density at radius 3 is 2.18 bits per heavy atom. The molecule has 15 heteroatoms. The van der Waals surface area contributed by atoms with Gasteiger partial charge in [0.15, 0.2) is 22.7 Å². The number of benzene rings is 2. The van der Waals surface area contributed by atoms with Gasteiger partial charge in [0.2, 0.25) is 6.29 Å². The summed E-state index contributed by atoms with van der Waals surface area (Å²) in [4.78, 5) is 34.8. The SMILES string of the molecule is O=C(O)CC(=O)OC[C@H]1O[C@@H](Oc2cc(O)c3c(=O)cc(-c4cc(O)c(O)c(O)c4)oc3c2)[C@H](O)[C@@H](O)[C@@H]1O. The van der Waals surface area contributed by atoms with Crippen molar-refractivity contribution >= 4 is 22.9 Å². The van der Waals surface area contributed by atoms with Gasteiger partial charge in [-0.05, 0) is 12.1 Å². The van der Waals surface area contributed by atoms with Gasteiger partial charge in [-0.25, -0.2) is 0 Å². The summed E-state index contributed by atoms with van der Waals surface area (Å²) < 4.78 is 21.2. The lowest BCUT2D eigenvalue weighted by molar-refractivity contribution is -0.278. The van der Waals surface area contributed by atoms with E-state index in [0.29, 0.717) is 0 Å². The van der Waals surface area contributed by atoms with Crippen LogP contribution in [-0.4, -0.2) is 90.1 Å². The second-order valence-corrected chi connectivity index (χ2v) is 8.54. The van der Waals surface area contributed by atoms with Crippen molar-refractivity contribution in [1.29, 1.82) is 0 Å². The number of phenolic OH excluding ortho intramolecular Hbond substituents is 4. The number of phenols is 4. The Labute approximate surface area is 216 Å². The maximum Gasteiger partial charge on any atom is 0.317 e. The molecular weight excluding hydrogens is 528 g/mol. The zero-order valence-electron chi connectivity index (χ0n) is 19.6. The highest BCUT2D eigenvalue weighted by Crippen LogP contribution is 2.40. The molecule has 0 saturated carbocycles. The summed E-state index contributed by atoms with van der Waals surface area (Å²) in [7, 11) is 0. The monoisotopic (exact) mass is 550 g/mol. The van der Waals surface area contributed by atoms with Gasteiger partial charge < -0.3 is 59.5 Å². The molecule has 1 aliphatic rings. The van der Waals surface area contributed by atoms with Gasteiger partial charge in [-0.1, -0.05) is 0 Å². The molecule has 2 heterocycles. The number of fused-ring (bicyclic) bond motifs is 1. The summed E-state index contributed by atoms with van der Waals surface area (Å²) >= 11 is 0. The van der Waals surface area contributed by atoms with Gasteiger partial charge >= 0.3 is 11.9 Å². The van der Waals surface area contributed by atoms with E-state index in [1.807, 2.05) is 0 Å². The molecule has 0 amide bonds. The Balaban J connectivity index is 1.62. The Morgan fingerprint density at radius 1 is 0.872 bits per heavy atom. The summed E-state index contributed by atoms with van der Waals surface area (Å²) in [6.45, 7) is -0.690. The molecule has 0 aliphatic carbocycles. The van der Waals surface area contributed by atoms with Crippen LogP contribution in [0.3, 0.4) is 0 Å². The zero-order valence-corrected chi connectivity index (χ0v) is 19.6. The molecule has 1 aliphatic heterocycles. The third-order valence-corrected chi connectivity index (χ3v) is 5.76. The maximum atomic E-state index is 12.7. The fourth-order valence-electron chi connectivity index (χ4n) is 3.84. The molecule has 39 heavy (non-hydrogen) atoms. The van der Waals surface area contributed by atoms with E-state index in [-0.39, 0.29) is 28.0 Å². The zero-order chi connectivity index (χ0) is 28.6. The number of hydrogen-bond donors (Lipinski definition) is 8. The molecule has 0 spiro atoms. The minimum atomic E-state index is -1.85. The van der Waals surface area contributed by atoms with E-state index >= 15 is 0 Å². The van der Waals surface area contributed by atoms with Crippen LogP contribution in [0.2, 0.25) is 0 Å². The van der Waals surface area contributed by atoms with E-state index in [0.717, 1.165) is 30.3 Å². The molecule has 1 fully saturated rings. The molecule has 0 unspecified atom stereocenters. The van der Waals surface area contributed by atoms with Crippen molar-refractivity contribution in [2.45, 2.75) is 37.1 Å². The predicted molar refractivity (Wildman–Crippen MR) is 125 cm³/mol. The van der Waals surface area contributed by atoms with E-state index < -0.39 is 84.1 Å². The third-order valence-electron chi connectivity index (χ3n) is 5.76. The van der Waals surface area contributed by atoms with Gasteiger partial charge in [0.1, 0.15) is 65.7 Å². The summed E-state index contributed by atoms with van der Waals surface area (Å²) in [6, 6.07) is 5.10. The number of aliphatic hydroxyl groups is 3. The van der Waals surface area contributed by atoms with E-state index in [2.05, 4.69) is 0 Å². The first-order valence-electron chi connectivity index (χ1n) is 11.2. The smallest absolute Gasteiger partial charge is 0.317 e. The second-order valence-electron chi connectivity index (χ2n) is 8.54. The molecule has 0 radical (unpaired) electrons. The quantitative estimate of drug-likeness (QED) is 0.105. The van der Waals surface area contributed by atoms with E-state index in [1.54, 1.807) is 0 Å². The normalized spacial score (nSPS) is 22.9. The molecule has 5 atom stereocenters. The van der Waals surface area contributed by atoms with E-state index in [9.17, 15) is 50.1 Å². The summed E-state index contributed by atoms with van der Waals surface area (Å²) in [5.41, 5.74) is -0.973. The largest absolute Gasteiger partial charge is 0.507 e. The van der Waals surface area contributed by atoms with Gasteiger partial charge in [-0.3, -0.25) is 14.4 Å². The van der Waals surface area contributed by atoms with Crippen molar-refractivity contribution < 1.29 is 69.1 Å². The number of aromatic hydroxyl groups is 4. The first-order chi connectivity index (χ1) is 18.3. The van der Waals surface area contributed by atoms with Crippen LogP contribution in [0, 0.1) is 0 Å². The summed E-state index contributed by atoms with van der Waals surface area (Å²) in [6.07, 6.45) is -9.54. The number of carboxylic acid groups (broad SMARTS) is 1. The van der Waals surface area contributed by atoms with Crippen molar-refractivity contribution in [3.8, 4) is 40.1 Å². The molecule has 1 saturated heterocycles. The number of aliphatic hydroxyl groups excluding tert-OH is 3. The van der Waals surface area contributed by atoms with Gasteiger partial charge in [0.25, 0.3) is 0 Å². The Hall–Kier alpha value is -4.57. The lowest BCUT2D eigenvalue weighted by Gasteiger charge is -2.39. The number of ether oxygens (including phenoxy) is 3. The first-order valence-corrected chi connectivity index (χ1v) is 11.2. The molecule has 4 rings (SSSR count). The first kappa shape index (κ1) is 27.5. The third kappa shape index (κ3) is 5.65. The second kappa shape index (κ2) is 10.7. The topological polar surface area (TPSA) is 254 Å². The molecular formula is C24H22O15. The van der Waals surface area contributed by atoms with Crippen LogP contribution < -0.4 is 10.2 Å². The molecule has 2 aromatic carbocycles. The van der Waals surface area contributed by atoms with Crippen molar-refractivity contribution in [1.82, 2.24) is 0 Å². The highest BCUT2D eigenvalue weighted by atomic mass is 16.7. The average Bonchev–Trinajstić information content (AvgIpc) is 2.85. The lowest BCUT2D eigenvalue weighted by atomic mass is 9.99. The van der Waals surface area contributed by atoms with Gasteiger partial charge in [0.05, 0.1) is 0 Å². The Bertz CT molecular complexity index is 1460. The van der Waals surface area contributed by atoms with Crippen LogP contribution in [0.1, 0.15) is 6.42 Å². The van der Waals surface area contributed by atoms with Crippen molar-refractivity contribution in [2.24, 2.45) is 0 Å². The summed E-state index contributed by atoms with van der Waals surface area (Å²) in [5, 5.41) is 78.6. The standard InChI is InChI=1S/C24H22O15/c25-10-3-9(37-24-23(35)22(34)21(33)16(39-24)7-36-18(31)6-17(29)30)4-15-19(10)11(26)5-14(38-15)8-1-12(27)20(32)13(28)2-8/h1-5,16,21-25,27-28,32-35H,6-7H2,(H,29,30)/t16-,21-,22+,23-,24-/m1/s1. The molecule has 1 aromatic heterocycles. The highest BCUT2D eigenvalue weighted by molar-refractivity contribution is 5.90. The molecule has 0 bridgehead atoms. The van der Waals surface area contributed by atoms with Crippen molar-refractivity contribution in [3.63, 3.8) is 0 Å². The number of carboxylic acids is 1. The predicted octanol–water partition coefficient (Wildman–Crippen LogP) is -0.513. The van der Waals surface area contributed by atoms with Crippen LogP contribution in [-0.2, 0) is 19.1 Å². The van der Waals surface area contributed by atoms with E-state index in [4.69, 9.17) is 23.7 Å². The molecule has 8 N–H and O–H groups in total.